The number of sulfonamides is 2. The van der Waals surface area contributed by atoms with E-state index < -0.39 is 25.5 Å². The summed E-state index contributed by atoms with van der Waals surface area (Å²) in [5, 5.41) is 0. The Hall–Kier alpha value is -2.94. The first kappa shape index (κ1) is 47.1. The minimum Gasteiger partial charge on any atom is -0.340 e. The highest BCUT2D eigenvalue weighted by molar-refractivity contribution is 7.89. The lowest BCUT2D eigenvalue weighted by Crippen LogP contribution is -2.52. The second kappa shape index (κ2) is 20.8. The van der Waals surface area contributed by atoms with E-state index in [1.807, 2.05) is 4.90 Å². The van der Waals surface area contributed by atoms with Gasteiger partial charge >= 0.3 is 0 Å². The smallest absolute Gasteiger partial charge is 0.223 e. The second-order valence-electron chi connectivity index (χ2n) is 18.1. The first-order valence-corrected chi connectivity index (χ1v) is 25.7. The number of likely N-dealkylation sites (tertiary alicyclic amines) is 2. The van der Waals surface area contributed by atoms with E-state index in [1.54, 1.807) is 24.3 Å². The number of halogens is 2. The molecule has 2 aliphatic heterocycles. The van der Waals surface area contributed by atoms with Crippen LogP contribution in [0.4, 0.5) is 8.78 Å². The van der Waals surface area contributed by atoms with Crippen LogP contribution in [0, 0.1) is 23.5 Å². The van der Waals surface area contributed by atoms with Crippen molar-refractivity contribution in [3.05, 3.63) is 71.3 Å². The van der Waals surface area contributed by atoms with Gasteiger partial charge in [0.1, 0.15) is 11.6 Å². The number of piperidine rings is 2. The SMILES string of the molecule is C[C@@H](C1CCCCC1)N1CC[C@](CCCNS(C)(=O)=O)(c2ccc(F)cc2)CC1=O.C[C@@H](C1CCCCC1)N1CC[C@](CCNS(C)(=O)=O)(c2ccc(F)cc2)CC1=O. The molecule has 2 aromatic rings. The summed E-state index contributed by atoms with van der Waals surface area (Å²) in [4.78, 5) is 30.6. The van der Waals surface area contributed by atoms with Gasteiger partial charge in [-0.25, -0.2) is 35.1 Å². The third kappa shape index (κ3) is 13.3. The molecule has 10 nitrogen and oxygen atoms in total. The van der Waals surface area contributed by atoms with Gasteiger partial charge in [-0.05, 0) is 119 Å². The Morgan fingerprint density at radius 2 is 0.983 bits per heavy atom. The molecule has 2 saturated heterocycles. The molecule has 0 unspecified atom stereocenters. The quantitative estimate of drug-likeness (QED) is 0.178. The fraction of sp³-hybridized carbons (Fsp3) is 0.689. The highest BCUT2D eigenvalue weighted by Gasteiger charge is 2.44. The van der Waals surface area contributed by atoms with Gasteiger partial charge in [0.15, 0.2) is 0 Å². The standard InChI is InChI=1S/C23H35FN2O3S.C22H33FN2O3S/c1-18(19-7-4-3-5-8-19)26-16-14-23(17-22(26)27,13-6-15-25-30(2,28)29)20-9-11-21(24)12-10-20;1-17(18-6-4-3-5-7-18)25-15-13-22(16-21(25)26,12-14-24-29(2,27)28)19-8-10-20(23)11-9-19/h9-12,18-19,25H,3-8,13-17H2,1-2H3;8-11,17-18,24H,3-7,12-16H2,1-2H3/t18-,23-;17-,22-/m00/s1. The number of nitrogens with zero attached hydrogens (tertiary/aromatic N) is 2. The van der Waals surface area contributed by atoms with Gasteiger partial charge in [-0.3, -0.25) is 9.59 Å². The number of hydrogen-bond donors (Lipinski definition) is 2. The average Bonchev–Trinajstić information content (AvgIpc) is 3.20. The fourth-order valence-corrected chi connectivity index (χ4v) is 11.4. The molecule has 2 aliphatic carbocycles. The average molecular weight is 863 g/mol. The van der Waals surface area contributed by atoms with Crippen molar-refractivity contribution >= 4 is 31.9 Å². The van der Waals surface area contributed by atoms with Crippen LogP contribution in [0.2, 0.25) is 0 Å². The maximum Gasteiger partial charge on any atom is 0.223 e. The number of nitrogens with one attached hydrogen (secondary N) is 2. The normalized spacial score (nSPS) is 25.0. The van der Waals surface area contributed by atoms with Gasteiger partial charge in [0.25, 0.3) is 0 Å². The summed E-state index contributed by atoms with van der Waals surface area (Å²) in [6.07, 6.45) is 18.8. The van der Waals surface area contributed by atoms with Crippen LogP contribution < -0.4 is 9.44 Å². The van der Waals surface area contributed by atoms with Crippen molar-refractivity contribution in [2.75, 3.05) is 38.7 Å². The van der Waals surface area contributed by atoms with Gasteiger partial charge in [-0.1, -0.05) is 62.8 Å². The third-order valence-electron chi connectivity index (χ3n) is 14.0. The zero-order valence-electron chi connectivity index (χ0n) is 35.7. The number of benzene rings is 2. The first-order chi connectivity index (χ1) is 27.9. The molecule has 4 aliphatic rings. The molecule has 0 spiro atoms. The van der Waals surface area contributed by atoms with Crippen LogP contribution in [0.25, 0.3) is 0 Å². The molecule has 4 atom stereocenters. The maximum atomic E-state index is 13.5. The van der Waals surface area contributed by atoms with Crippen molar-refractivity contribution in [1.29, 1.82) is 0 Å². The molecular weight excluding hydrogens is 795 g/mol. The second-order valence-corrected chi connectivity index (χ2v) is 21.7. The molecule has 59 heavy (non-hydrogen) atoms. The van der Waals surface area contributed by atoms with Crippen molar-refractivity contribution < 1.29 is 35.2 Å². The number of rotatable bonds is 15. The highest BCUT2D eigenvalue weighted by atomic mass is 32.2. The molecule has 2 N–H and O–H groups in total. The minimum atomic E-state index is -3.30. The lowest BCUT2D eigenvalue weighted by Gasteiger charge is -2.46. The zero-order chi connectivity index (χ0) is 42.8. The number of carbonyl (C=O) groups is 2. The molecule has 2 saturated carbocycles. The van der Waals surface area contributed by atoms with Crippen LogP contribution in [-0.2, 0) is 40.5 Å². The van der Waals surface area contributed by atoms with E-state index in [2.05, 4.69) is 28.2 Å². The van der Waals surface area contributed by atoms with Crippen molar-refractivity contribution in [3.63, 3.8) is 0 Å². The summed E-state index contributed by atoms with van der Waals surface area (Å²) in [6, 6.07) is 13.3. The van der Waals surface area contributed by atoms with Gasteiger partial charge in [0.2, 0.25) is 31.9 Å². The van der Waals surface area contributed by atoms with Crippen LogP contribution in [0.3, 0.4) is 0 Å². The lowest BCUT2D eigenvalue weighted by atomic mass is 9.69. The predicted molar refractivity (Wildman–Crippen MR) is 230 cm³/mol. The van der Waals surface area contributed by atoms with Crippen molar-refractivity contribution in [2.24, 2.45) is 11.8 Å². The van der Waals surface area contributed by atoms with E-state index in [1.165, 1.54) is 88.5 Å². The first-order valence-electron chi connectivity index (χ1n) is 21.9. The van der Waals surface area contributed by atoms with Gasteiger partial charge in [0, 0.05) is 61.9 Å². The molecule has 0 aromatic heterocycles. The molecule has 0 bridgehead atoms. The van der Waals surface area contributed by atoms with E-state index in [4.69, 9.17) is 0 Å². The highest BCUT2D eigenvalue weighted by Crippen LogP contribution is 2.43. The molecule has 0 radical (unpaired) electrons. The van der Waals surface area contributed by atoms with Crippen LogP contribution in [-0.4, -0.2) is 89.2 Å². The molecule has 4 fully saturated rings. The molecule has 330 valence electrons. The molecule has 14 heteroatoms. The summed E-state index contributed by atoms with van der Waals surface area (Å²) in [5.41, 5.74) is 1.05. The minimum absolute atomic E-state index is 0.123. The molecule has 2 aromatic carbocycles. The lowest BCUT2D eigenvalue weighted by molar-refractivity contribution is -0.140. The van der Waals surface area contributed by atoms with Crippen LogP contribution >= 0.6 is 0 Å². The maximum absolute atomic E-state index is 13.5. The Morgan fingerprint density at radius 3 is 1.36 bits per heavy atom. The summed E-state index contributed by atoms with van der Waals surface area (Å²) in [7, 11) is -6.53. The van der Waals surface area contributed by atoms with Crippen LogP contribution in [0.5, 0.6) is 0 Å². The third-order valence-corrected chi connectivity index (χ3v) is 15.5. The van der Waals surface area contributed by atoms with Gasteiger partial charge in [0.05, 0.1) is 12.5 Å². The molecule has 2 heterocycles. The molecule has 2 amide bonds. The molecular formula is C45H68F2N4O6S2. The Labute approximate surface area is 352 Å². The Bertz CT molecular complexity index is 1900. The van der Waals surface area contributed by atoms with Crippen molar-refractivity contribution in [2.45, 2.75) is 146 Å². The van der Waals surface area contributed by atoms with Crippen molar-refractivity contribution in [3.8, 4) is 0 Å². The van der Waals surface area contributed by atoms with Gasteiger partial charge < -0.3 is 9.80 Å². The van der Waals surface area contributed by atoms with Crippen LogP contribution in [0.15, 0.2) is 48.5 Å². The fourth-order valence-electron chi connectivity index (χ4n) is 10.5. The van der Waals surface area contributed by atoms with E-state index in [9.17, 15) is 35.2 Å². The molecule has 6 rings (SSSR count). The topological polar surface area (TPSA) is 133 Å². The van der Waals surface area contributed by atoms with Gasteiger partial charge in [-0.15, -0.1) is 0 Å². The zero-order valence-corrected chi connectivity index (χ0v) is 37.3. The van der Waals surface area contributed by atoms with E-state index in [-0.39, 0.29) is 47.5 Å². The number of hydrogen-bond acceptors (Lipinski definition) is 6. The summed E-state index contributed by atoms with van der Waals surface area (Å²) < 4.78 is 77.8. The Kier molecular flexibility index (Phi) is 16.6. The van der Waals surface area contributed by atoms with E-state index in [0.717, 1.165) is 36.5 Å². The number of amides is 2. The predicted octanol–water partition coefficient (Wildman–Crippen LogP) is 7.58. The van der Waals surface area contributed by atoms with Crippen molar-refractivity contribution in [1.82, 2.24) is 19.2 Å². The Morgan fingerprint density at radius 1 is 0.610 bits per heavy atom. The van der Waals surface area contributed by atoms with Crippen LogP contribution in [0.1, 0.15) is 134 Å². The van der Waals surface area contributed by atoms with Gasteiger partial charge in [-0.2, -0.15) is 0 Å². The largest absolute Gasteiger partial charge is 0.340 e. The summed E-state index contributed by atoms with van der Waals surface area (Å²) >= 11 is 0. The van der Waals surface area contributed by atoms with E-state index >= 15 is 0 Å². The summed E-state index contributed by atoms with van der Waals surface area (Å²) in [6.45, 7) is 6.33. The number of carbonyl (C=O) groups excluding carboxylic acids is 2. The summed E-state index contributed by atoms with van der Waals surface area (Å²) in [5.74, 6) is 0.839. The van der Waals surface area contributed by atoms with E-state index in [0.29, 0.717) is 63.6 Å². The Balaban J connectivity index is 0.000000224. The monoisotopic (exact) mass is 862 g/mol.